The van der Waals surface area contributed by atoms with Crippen molar-refractivity contribution in [1.82, 2.24) is 10.2 Å². The minimum absolute atomic E-state index is 0.825. The Balaban J connectivity index is 1.82. The summed E-state index contributed by atoms with van der Waals surface area (Å²) in [6, 6.07) is 0.922. The minimum Gasteiger partial charge on any atom is -0.316 e. The van der Waals surface area contributed by atoms with E-state index < -0.39 is 0 Å². The standard InChI is InChI=1S/C12H24N2/c1-10-6-12(7-10)14-5-3-4-13-8-11(2)9-14/h10-13H,3-9H2,1-2H3. The van der Waals surface area contributed by atoms with Gasteiger partial charge in [0.15, 0.2) is 0 Å². The van der Waals surface area contributed by atoms with E-state index in [-0.39, 0.29) is 0 Å². The van der Waals surface area contributed by atoms with Crippen molar-refractivity contribution in [3.8, 4) is 0 Å². The summed E-state index contributed by atoms with van der Waals surface area (Å²) in [7, 11) is 0. The van der Waals surface area contributed by atoms with Crippen molar-refractivity contribution in [1.29, 1.82) is 0 Å². The molecular weight excluding hydrogens is 172 g/mol. The molecule has 1 N–H and O–H groups in total. The van der Waals surface area contributed by atoms with Gasteiger partial charge in [-0.05, 0) is 50.7 Å². The molecule has 1 heterocycles. The van der Waals surface area contributed by atoms with E-state index in [1.165, 1.54) is 45.4 Å². The van der Waals surface area contributed by atoms with Gasteiger partial charge in [0, 0.05) is 12.6 Å². The molecule has 1 unspecified atom stereocenters. The molecule has 2 rings (SSSR count). The Bertz CT molecular complexity index is 175. The lowest BCUT2D eigenvalue weighted by Gasteiger charge is -2.43. The molecule has 0 bridgehead atoms. The van der Waals surface area contributed by atoms with Crippen molar-refractivity contribution in [2.24, 2.45) is 11.8 Å². The highest BCUT2D eigenvalue weighted by molar-refractivity contribution is 4.86. The highest BCUT2D eigenvalue weighted by atomic mass is 15.2. The predicted octanol–water partition coefficient (Wildman–Crippen LogP) is 1.72. The van der Waals surface area contributed by atoms with E-state index in [1.54, 1.807) is 0 Å². The topological polar surface area (TPSA) is 15.3 Å². The van der Waals surface area contributed by atoms with Crippen molar-refractivity contribution < 1.29 is 0 Å². The van der Waals surface area contributed by atoms with E-state index in [4.69, 9.17) is 0 Å². The maximum Gasteiger partial charge on any atom is 0.0100 e. The van der Waals surface area contributed by atoms with Gasteiger partial charge in [0.05, 0.1) is 0 Å². The monoisotopic (exact) mass is 196 g/mol. The molecule has 0 radical (unpaired) electrons. The van der Waals surface area contributed by atoms with Gasteiger partial charge in [0.1, 0.15) is 0 Å². The van der Waals surface area contributed by atoms with Crippen molar-refractivity contribution in [2.75, 3.05) is 26.2 Å². The van der Waals surface area contributed by atoms with E-state index >= 15 is 0 Å². The van der Waals surface area contributed by atoms with E-state index in [9.17, 15) is 0 Å². The molecule has 2 nitrogen and oxygen atoms in total. The lowest BCUT2D eigenvalue weighted by Crippen LogP contribution is -2.49. The average Bonchev–Trinajstić information content (AvgIpc) is 2.06. The van der Waals surface area contributed by atoms with Crippen LogP contribution in [-0.4, -0.2) is 37.1 Å². The molecule has 1 saturated heterocycles. The van der Waals surface area contributed by atoms with Gasteiger partial charge >= 0.3 is 0 Å². The lowest BCUT2D eigenvalue weighted by molar-refractivity contribution is 0.0675. The average molecular weight is 196 g/mol. The third-order valence-corrected chi connectivity index (χ3v) is 3.70. The molecule has 82 valence electrons. The van der Waals surface area contributed by atoms with Gasteiger partial charge in [-0.2, -0.15) is 0 Å². The molecule has 0 aromatic rings. The Morgan fingerprint density at radius 1 is 1.14 bits per heavy atom. The summed E-state index contributed by atoms with van der Waals surface area (Å²) in [6.07, 6.45) is 4.22. The van der Waals surface area contributed by atoms with Gasteiger partial charge < -0.3 is 10.2 Å². The smallest absolute Gasteiger partial charge is 0.0100 e. The normalized spacial score (nSPS) is 41.1. The van der Waals surface area contributed by atoms with Gasteiger partial charge in [-0.15, -0.1) is 0 Å². The minimum atomic E-state index is 0.825. The summed E-state index contributed by atoms with van der Waals surface area (Å²) in [4.78, 5) is 2.74. The number of hydrogen-bond donors (Lipinski definition) is 1. The number of nitrogens with zero attached hydrogens (tertiary/aromatic N) is 1. The zero-order chi connectivity index (χ0) is 9.97. The predicted molar refractivity (Wildman–Crippen MR) is 60.4 cm³/mol. The fraction of sp³-hybridized carbons (Fsp3) is 1.00. The number of hydrogen-bond acceptors (Lipinski definition) is 2. The van der Waals surface area contributed by atoms with Gasteiger partial charge in [0.25, 0.3) is 0 Å². The van der Waals surface area contributed by atoms with Crippen LogP contribution in [0.2, 0.25) is 0 Å². The Morgan fingerprint density at radius 3 is 2.64 bits per heavy atom. The molecule has 14 heavy (non-hydrogen) atoms. The summed E-state index contributed by atoms with van der Waals surface area (Å²) in [5, 5.41) is 3.51. The van der Waals surface area contributed by atoms with E-state index in [2.05, 4.69) is 24.1 Å². The Kier molecular flexibility index (Phi) is 3.45. The van der Waals surface area contributed by atoms with Crippen LogP contribution in [0, 0.1) is 11.8 Å². The van der Waals surface area contributed by atoms with Crippen molar-refractivity contribution in [3.05, 3.63) is 0 Å². The van der Waals surface area contributed by atoms with Crippen molar-refractivity contribution >= 4 is 0 Å². The molecule has 0 spiro atoms. The Hall–Kier alpha value is -0.0800. The summed E-state index contributed by atoms with van der Waals surface area (Å²) in [6.45, 7) is 9.79. The summed E-state index contributed by atoms with van der Waals surface area (Å²) >= 11 is 0. The second-order valence-electron chi connectivity index (χ2n) is 5.39. The van der Waals surface area contributed by atoms with Crippen LogP contribution in [-0.2, 0) is 0 Å². The van der Waals surface area contributed by atoms with Gasteiger partial charge in [-0.3, -0.25) is 0 Å². The first-order valence-corrected chi connectivity index (χ1v) is 6.20. The van der Waals surface area contributed by atoms with Crippen LogP contribution in [0.25, 0.3) is 0 Å². The summed E-state index contributed by atoms with van der Waals surface area (Å²) < 4.78 is 0. The summed E-state index contributed by atoms with van der Waals surface area (Å²) in [5.74, 6) is 1.81. The van der Waals surface area contributed by atoms with Crippen LogP contribution in [0.15, 0.2) is 0 Å². The molecule has 0 aromatic heterocycles. The van der Waals surface area contributed by atoms with Crippen molar-refractivity contribution in [2.45, 2.75) is 39.2 Å². The van der Waals surface area contributed by atoms with Crippen LogP contribution < -0.4 is 5.32 Å². The van der Waals surface area contributed by atoms with Crippen LogP contribution >= 0.6 is 0 Å². The molecule has 2 aliphatic rings. The van der Waals surface area contributed by atoms with E-state index in [0.29, 0.717) is 0 Å². The highest BCUT2D eigenvalue weighted by Crippen LogP contribution is 2.31. The second-order valence-corrected chi connectivity index (χ2v) is 5.39. The molecule has 1 aliphatic carbocycles. The number of nitrogens with one attached hydrogen (secondary N) is 1. The van der Waals surface area contributed by atoms with Crippen LogP contribution in [0.4, 0.5) is 0 Å². The maximum absolute atomic E-state index is 3.51. The van der Waals surface area contributed by atoms with Crippen LogP contribution in [0.3, 0.4) is 0 Å². The molecule has 1 aliphatic heterocycles. The quantitative estimate of drug-likeness (QED) is 0.687. The molecule has 2 fully saturated rings. The highest BCUT2D eigenvalue weighted by Gasteiger charge is 2.31. The first-order chi connectivity index (χ1) is 6.75. The summed E-state index contributed by atoms with van der Waals surface area (Å²) in [5.41, 5.74) is 0. The first-order valence-electron chi connectivity index (χ1n) is 6.20. The van der Waals surface area contributed by atoms with Crippen molar-refractivity contribution in [3.63, 3.8) is 0 Å². The fourth-order valence-corrected chi connectivity index (χ4v) is 2.80. The molecule has 2 heteroatoms. The number of rotatable bonds is 1. The van der Waals surface area contributed by atoms with Crippen LogP contribution in [0.1, 0.15) is 33.1 Å². The largest absolute Gasteiger partial charge is 0.316 e. The molecule has 1 saturated carbocycles. The molecular formula is C12H24N2. The van der Waals surface area contributed by atoms with Gasteiger partial charge in [-0.25, -0.2) is 0 Å². The zero-order valence-corrected chi connectivity index (χ0v) is 9.63. The van der Waals surface area contributed by atoms with Gasteiger partial charge in [0.2, 0.25) is 0 Å². The third-order valence-electron chi connectivity index (χ3n) is 3.70. The van der Waals surface area contributed by atoms with E-state index in [0.717, 1.165) is 17.9 Å². The zero-order valence-electron chi connectivity index (χ0n) is 9.63. The van der Waals surface area contributed by atoms with E-state index in [1.807, 2.05) is 0 Å². The SMILES string of the molecule is CC1CC(N2CCCNCC(C)C2)C1. The fourth-order valence-electron chi connectivity index (χ4n) is 2.80. The first kappa shape index (κ1) is 10.4. The molecule has 0 amide bonds. The van der Waals surface area contributed by atoms with Crippen LogP contribution in [0.5, 0.6) is 0 Å². The Labute approximate surface area is 88.1 Å². The second kappa shape index (κ2) is 4.63. The third kappa shape index (κ3) is 2.48. The molecule has 1 atom stereocenters. The Morgan fingerprint density at radius 2 is 1.93 bits per heavy atom. The van der Waals surface area contributed by atoms with Gasteiger partial charge in [-0.1, -0.05) is 13.8 Å². The molecule has 0 aromatic carbocycles. The lowest BCUT2D eigenvalue weighted by atomic mass is 9.80. The maximum atomic E-state index is 3.51.